The van der Waals surface area contributed by atoms with E-state index in [0.717, 1.165) is 39.6 Å². The molecule has 0 saturated heterocycles. The van der Waals surface area contributed by atoms with Crippen LogP contribution in [0.25, 0.3) is 26.5 Å². The van der Waals surface area contributed by atoms with Gasteiger partial charge in [-0.1, -0.05) is 67.8 Å². The van der Waals surface area contributed by atoms with Gasteiger partial charge in [0.05, 0.1) is 0 Å². The average Bonchev–Trinajstić information content (AvgIpc) is 3.52. The molecule has 5 aromatic rings. The fourth-order valence-electron chi connectivity index (χ4n) is 6.08. The summed E-state index contributed by atoms with van der Waals surface area (Å²) in [5.74, 6) is 0. The molecule has 0 amide bonds. The molecule has 2 heterocycles. The van der Waals surface area contributed by atoms with Crippen LogP contribution in [0.15, 0.2) is 128 Å². The molecule has 2 aromatic heterocycles. The van der Waals surface area contributed by atoms with Gasteiger partial charge in [-0.25, -0.2) is 0 Å². The number of thiophene rings is 2. The summed E-state index contributed by atoms with van der Waals surface area (Å²) in [6, 6.07) is 26.4. The van der Waals surface area contributed by atoms with Gasteiger partial charge in [-0.15, -0.1) is 22.7 Å². The molecule has 3 aromatic carbocycles. The minimum Gasteiger partial charge on any atom is -0.318 e. The smallest absolute Gasteiger partial charge is 0.0458 e. The fourth-order valence-corrected chi connectivity index (χ4v) is 8.43. The number of hydrogen-bond donors (Lipinski definition) is 0. The Morgan fingerprint density at radius 1 is 0.592 bits per heavy atom. The number of rotatable bonds is 11. The van der Waals surface area contributed by atoms with Crippen molar-refractivity contribution in [1.29, 1.82) is 0 Å². The molecular weight excluding hydrogens is 633 g/mol. The van der Waals surface area contributed by atoms with Gasteiger partial charge in [-0.05, 0) is 149 Å². The molecule has 0 radical (unpaired) electrons. The second-order valence-corrected chi connectivity index (χ2v) is 15.1. The van der Waals surface area contributed by atoms with Crippen molar-refractivity contribution in [1.82, 2.24) is 0 Å². The maximum absolute atomic E-state index is 4.43. The lowest BCUT2D eigenvalue weighted by molar-refractivity contribution is 1.17. The van der Waals surface area contributed by atoms with Gasteiger partial charge in [0.25, 0.3) is 0 Å². The molecule has 0 aliphatic rings. The van der Waals surface area contributed by atoms with Crippen LogP contribution in [0, 0.1) is 41.5 Å². The van der Waals surface area contributed by atoms with Crippen LogP contribution in [0.4, 0.5) is 17.1 Å². The van der Waals surface area contributed by atoms with Gasteiger partial charge in [0.1, 0.15) is 0 Å². The number of hydrogen-bond acceptors (Lipinski definition) is 4. The summed E-state index contributed by atoms with van der Waals surface area (Å²) in [4.78, 5) is 9.81. The molecule has 0 spiro atoms. The molecular formula is C45H48N2S2. The largest absolute Gasteiger partial charge is 0.318 e. The Labute approximate surface area is 302 Å². The summed E-state index contributed by atoms with van der Waals surface area (Å²) >= 11 is 3.74. The number of nitrogens with zero attached hydrogens (tertiary/aromatic N) is 2. The van der Waals surface area contributed by atoms with Gasteiger partial charge in [0, 0.05) is 54.2 Å². The Morgan fingerprint density at radius 2 is 1.04 bits per heavy atom. The van der Waals surface area contributed by atoms with Crippen LogP contribution < -0.4 is 9.80 Å². The Kier molecular flexibility index (Phi) is 11.1. The topological polar surface area (TPSA) is 6.48 Å². The molecule has 250 valence electrons. The van der Waals surface area contributed by atoms with Crippen LogP contribution in [0.3, 0.4) is 0 Å². The van der Waals surface area contributed by atoms with Crippen LogP contribution in [0.1, 0.15) is 58.3 Å². The molecule has 0 fully saturated rings. The lowest BCUT2D eigenvalue weighted by atomic mass is 10.0. The van der Waals surface area contributed by atoms with E-state index in [-0.39, 0.29) is 0 Å². The number of benzene rings is 3. The Bertz CT molecular complexity index is 2060. The van der Waals surface area contributed by atoms with Crippen LogP contribution in [-0.4, -0.2) is 0 Å². The van der Waals surface area contributed by atoms with E-state index in [4.69, 9.17) is 0 Å². The number of anilines is 3. The standard InChI is InChI=1S/C45H48N2S2/c1-12-28-46(41-22-18-39(19-23-41)44-33(8)31(6)35(10)48-44)30(5)14-15-37(13-2)38-16-24-42(25-17-38)47(29(3)4)43-26-20-40(21-27-43)45-34(9)32(7)36(11)49-45/h12-28H,3,5H2,1-2,4,6-11H3. The normalized spacial score (nSPS) is 11.9. The second kappa shape index (κ2) is 15.3. The highest BCUT2D eigenvalue weighted by molar-refractivity contribution is 7.16. The summed E-state index contributed by atoms with van der Waals surface area (Å²) in [6.45, 7) is 28.2. The van der Waals surface area contributed by atoms with E-state index in [2.05, 4.69) is 176 Å². The van der Waals surface area contributed by atoms with Gasteiger partial charge in [-0.2, -0.15) is 0 Å². The van der Waals surface area contributed by atoms with Crippen molar-refractivity contribution in [2.75, 3.05) is 9.80 Å². The Hall–Kier alpha value is -4.64. The minimum absolute atomic E-state index is 0.890. The molecule has 0 unspecified atom stereocenters. The summed E-state index contributed by atoms with van der Waals surface area (Å²) in [7, 11) is 0. The van der Waals surface area contributed by atoms with Crippen molar-refractivity contribution >= 4 is 45.3 Å². The summed E-state index contributed by atoms with van der Waals surface area (Å²) in [6.07, 6.45) is 10.5. The van der Waals surface area contributed by atoms with Gasteiger partial charge in [0.2, 0.25) is 0 Å². The van der Waals surface area contributed by atoms with E-state index < -0.39 is 0 Å². The van der Waals surface area contributed by atoms with Gasteiger partial charge in [-0.3, -0.25) is 0 Å². The van der Waals surface area contributed by atoms with Gasteiger partial charge < -0.3 is 9.80 Å². The summed E-state index contributed by atoms with van der Waals surface area (Å²) in [5, 5.41) is 0. The maximum Gasteiger partial charge on any atom is 0.0458 e. The van der Waals surface area contributed by atoms with Crippen LogP contribution >= 0.6 is 22.7 Å². The molecule has 0 aliphatic heterocycles. The first kappa shape index (κ1) is 35.7. The Morgan fingerprint density at radius 3 is 1.43 bits per heavy atom. The van der Waals surface area contributed by atoms with Crippen molar-refractivity contribution < 1.29 is 0 Å². The highest BCUT2D eigenvalue weighted by atomic mass is 32.1. The van der Waals surface area contributed by atoms with Gasteiger partial charge in [0.15, 0.2) is 0 Å². The zero-order chi connectivity index (χ0) is 35.4. The van der Waals surface area contributed by atoms with Crippen molar-refractivity contribution in [2.24, 2.45) is 0 Å². The van der Waals surface area contributed by atoms with Crippen molar-refractivity contribution in [3.05, 3.63) is 165 Å². The lowest BCUT2D eigenvalue weighted by Gasteiger charge is -2.25. The highest BCUT2D eigenvalue weighted by Gasteiger charge is 2.15. The first-order valence-corrected chi connectivity index (χ1v) is 18.4. The van der Waals surface area contributed by atoms with Crippen LogP contribution in [0.2, 0.25) is 0 Å². The lowest BCUT2D eigenvalue weighted by Crippen LogP contribution is -2.13. The van der Waals surface area contributed by atoms with Gasteiger partial charge >= 0.3 is 0 Å². The third kappa shape index (κ3) is 7.51. The number of aryl methyl sites for hydroxylation is 2. The van der Waals surface area contributed by atoms with Crippen molar-refractivity contribution in [3.63, 3.8) is 0 Å². The maximum atomic E-state index is 4.43. The third-order valence-corrected chi connectivity index (χ3v) is 12.1. The summed E-state index contributed by atoms with van der Waals surface area (Å²) in [5.41, 5.74) is 15.4. The van der Waals surface area contributed by atoms with E-state index >= 15 is 0 Å². The highest BCUT2D eigenvalue weighted by Crippen LogP contribution is 2.39. The molecule has 0 saturated carbocycles. The third-order valence-electron chi connectivity index (χ3n) is 9.38. The predicted molar refractivity (Wildman–Crippen MR) is 221 cm³/mol. The van der Waals surface area contributed by atoms with E-state index in [9.17, 15) is 0 Å². The molecule has 0 N–H and O–H groups in total. The Balaban J connectivity index is 1.32. The van der Waals surface area contributed by atoms with Crippen molar-refractivity contribution in [3.8, 4) is 20.9 Å². The van der Waals surface area contributed by atoms with E-state index in [1.165, 1.54) is 52.9 Å². The monoisotopic (exact) mass is 680 g/mol. The molecule has 0 aliphatic carbocycles. The molecule has 2 nitrogen and oxygen atoms in total. The first-order chi connectivity index (χ1) is 23.4. The fraction of sp³-hybridized carbons (Fsp3) is 0.200. The first-order valence-electron chi connectivity index (χ1n) is 16.8. The number of allylic oxidation sites excluding steroid dienone is 6. The summed E-state index contributed by atoms with van der Waals surface area (Å²) < 4.78 is 0. The quantitative estimate of drug-likeness (QED) is 0.128. The molecule has 4 heteroatoms. The SMILES string of the molecule is C=C(C=CC(=CC)c1ccc(N(C(=C)C)c2ccc(-c3sc(C)c(C)c3C)cc2)cc1)N(C=CC)c1ccc(-c2sc(C)c(C)c2C)cc1. The van der Waals surface area contributed by atoms with Crippen LogP contribution in [-0.2, 0) is 0 Å². The minimum atomic E-state index is 0.890. The van der Waals surface area contributed by atoms with E-state index in [0.29, 0.717) is 0 Å². The molecule has 0 bridgehead atoms. The zero-order valence-electron chi connectivity index (χ0n) is 30.4. The molecule has 5 rings (SSSR count). The molecule has 49 heavy (non-hydrogen) atoms. The van der Waals surface area contributed by atoms with Crippen molar-refractivity contribution in [2.45, 2.75) is 62.3 Å². The predicted octanol–water partition coefficient (Wildman–Crippen LogP) is 14.2. The second-order valence-electron chi connectivity index (χ2n) is 12.6. The molecule has 0 atom stereocenters. The zero-order valence-corrected chi connectivity index (χ0v) is 32.1. The van der Waals surface area contributed by atoms with Crippen LogP contribution in [0.5, 0.6) is 0 Å². The average molecular weight is 681 g/mol. The van der Waals surface area contributed by atoms with E-state index in [1.807, 2.05) is 35.7 Å². The van der Waals surface area contributed by atoms with E-state index in [1.54, 1.807) is 0 Å².